The lowest BCUT2D eigenvalue weighted by molar-refractivity contribution is -0.142. The second-order valence-electron chi connectivity index (χ2n) is 9.23. The molecule has 0 amide bonds. The first-order valence-corrected chi connectivity index (χ1v) is 11.7. The normalized spacial score (nSPS) is 28.3. The van der Waals surface area contributed by atoms with Crippen molar-refractivity contribution in [2.75, 3.05) is 0 Å². The molecule has 1 fully saturated rings. The second-order valence-corrected chi connectivity index (χ2v) is 9.23. The summed E-state index contributed by atoms with van der Waals surface area (Å²) in [5, 5.41) is 9.53. The predicted molar refractivity (Wildman–Crippen MR) is 113 cm³/mol. The van der Waals surface area contributed by atoms with E-state index in [0.29, 0.717) is 10.8 Å². The number of carboxylic acid groups (broad SMARTS) is 1. The molecule has 0 saturated heterocycles. The molecule has 0 aliphatic heterocycles. The summed E-state index contributed by atoms with van der Waals surface area (Å²) >= 11 is 0. The van der Waals surface area contributed by atoms with Crippen LogP contribution in [0.15, 0.2) is 0 Å². The Balaban J connectivity index is 2.76. The van der Waals surface area contributed by atoms with Crippen LogP contribution in [0.3, 0.4) is 0 Å². The lowest BCUT2D eigenvalue weighted by atomic mass is 9.63. The molecule has 1 aliphatic rings. The molecule has 1 N–H and O–H groups in total. The molecule has 0 aromatic rings. The van der Waals surface area contributed by atoms with E-state index in [2.05, 4.69) is 27.7 Å². The molecule has 1 saturated carbocycles. The molecule has 3 atom stereocenters. The van der Waals surface area contributed by atoms with E-state index in [4.69, 9.17) is 0 Å². The van der Waals surface area contributed by atoms with Crippen molar-refractivity contribution in [2.24, 2.45) is 16.7 Å². The van der Waals surface area contributed by atoms with Crippen molar-refractivity contribution in [3.8, 4) is 0 Å². The summed E-state index contributed by atoms with van der Waals surface area (Å²) in [6.45, 7) is 9.16. The number of carbonyl (C=O) groups is 1. The van der Waals surface area contributed by atoms with Crippen molar-refractivity contribution in [1.29, 1.82) is 0 Å². The molecule has 2 nitrogen and oxygen atoms in total. The van der Waals surface area contributed by atoms with Gasteiger partial charge in [0, 0.05) is 0 Å². The minimum atomic E-state index is -0.577. The molecule has 0 heterocycles. The molecule has 1 rings (SSSR count). The monoisotopic (exact) mass is 366 g/mol. The third-order valence-corrected chi connectivity index (χ3v) is 7.67. The first kappa shape index (κ1) is 23.5. The Morgan fingerprint density at radius 2 is 1.38 bits per heavy atom. The van der Waals surface area contributed by atoms with E-state index in [9.17, 15) is 9.90 Å². The van der Waals surface area contributed by atoms with E-state index in [0.717, 1.165) is 25.7 Å². The van der Waals surface area contributed by atoms with Gasteiger partial charge in [0.2, 0.25) is 0 Å². The summed E-state index contributed by atoms with van der Waals surface area (Å²) in [5.74, 6) is -0.708. The Morgan fingerprint density at radius 3 is 1.85 bits per heavy atom. The Morgan fingerprint density at radius 1 is 0.808 bits per heavy atom. The predicted octanol–water partition coefficient (Wildman–Crippen LogP) is 7.99. The van der Waals surface area contributed by atoms with Crippen molar-refractivity contribution < 1.29 is 9.90 Å². The third kappa shape index (κ3) is 7.24. The van der Waals surface area contributed by atoms with Crippen molar-refractivity contribution in [1.82, 2.24) is 0 Å². The quantitative estimate of drug-likeness (QED) is 0.355. The highest BCUT2D eigenvalue weighted by atomic mass is 16.4. The van der Waals surface area contributed by atoms with Crippen molar-refractivity contribution >= 4 is 5.97 Å². The van der Waals surface area contributed by atoms with Crippen LogP contribution >= 0.6 is 0 Å². The van der Waals surface area contributed by atoms with Gasteiger partial charge in [0.15, 0.2) is 0 Å². The average Bonchev–Trinajstić information content (AvgIpc) is 2.63. The number of hydrogen-bond donors (Lipinski definition) is 1. The first-order chi connectivity index (χ1) is 12.5. The van der Waals surface area contributed by atoms with Gasteiger partial charge in [0.25, 0.3) is 0 Å². The Bertz CT molecular complexity index is 392. The minimum absolute atomic E-state index is 0.130. The standard InChI is InChI=1S/C24H46O2/c1-5-9-10-15-23(7-3)16-11-12-17-24(8-4,20-19-23)18-14-21(13-6-2)22(25)26/h21H,5-20H2,1-4H3,(H,25,26)/t21?,23-,24?/m1/s1. The summed E-state index contributed by atoms with van der Waals surface area (Å²) in [4.78, 5) is 11.6. The molecule has 154 valence electrons. The largest absolute Gasteiger partial charge is 0.481 e. The maximum Gasteiger partial charge on any atom is 0.306 e. The van der Waals surface area contributed by atoms with Gasteiger partial charge in [-0.3, -0.25) is 4.79 Å². The molecule has 26 heavy (non-hydrogen) atoms. The van der Waals surface area contributed by atoms with Crippen LogP contribution < -0.4 is 0 Å². The molecular formula is C24H46O2. The van der Waals surface area contributed by atoms with Gasteiger partial charge in [0.1, 0.15) is 0 Å². The van der Waals surface area contributed by atoms with Gasteiger partial charge in [-0.2, -0.15) is 0 Å². The van der Waals surface area contributed by atoms with E-state index >= 15 is 0 Å². The summed E-state index contributed by atoms with van der Waals surface area (Å²) < 4.78 is 0. The highest BCUT2D eigenvalue weighted by molar-refractivity contribution is 5.69. The zero-order valence-electron chi connectivity index (χ0n) is 18.2. The Kier molecular flexibility index (Phi) is 10.9. The molecule has 0 radical (unpaired) electrons. The van der Waals surface area contributed by atoms with Crippen LogP contribution in [0.25, 0.3) is 0 Å². The van der Waals surface area contributed by atoms with Gasteiger partial charge in [-0.15, -0.1) is 0 Å². The Hall–Kier alpha value is -0.530. The zero-order valence-corrected chi connectivity index (χ0v) is 18.2. The van der Waals surface area contributed by atoms with Crippen LogP contribution in [0.5, 0.6) is 0 Å². The number of unbranched alkanes of at least 4 members (excludes halogenated alkanes) is 2. The van der Waals surface area contributed by atoms with Crippen LogP contribution in [0.1, 0.15) is 130 Å². The van der Waals surface area contributed by atoms with Crippen molar-refractivity contribution in [3.63, 3.8) is 0 Å². The topological polar surface area (TPSA) is 37.3 Å². The SMILES string of the molecule is CCCCC[C@]1(CC)CCCCC(CC)(CCC(CCC)C(=O)O)CC1. The summed E-state index contributed by atoms with van der Waals surface area (Å²) in [7, 11) is 0. The highest BCUT2D eigenvalue weighted by Crippen LogP contribution is 2.49. The van der Waals surface area contributed by atoms with Gasteiger partial charge < -0.3 is 5.11 Å². The van der Waals surface area contributed by atoms with E-state index in [1.807, 2.05) is 0 Å². The van der Waals surface area contributed by atoms with Gasteiger partial charge in [0.05, 0.1) is 5.92 Å². The highest BCUT2D eigenvalue weighted by Gasteiger charge is 2.36. The zero-order chi connectivity index (χ0) is 19.5. The van der Waals surface area contributed by atoms with Crippen molar-refractivity contribution in [3.05, 3.63) is 0 Å². The van der Waals surface area contributed by atoms with Gasteiger partial charge >= 0.3 is 5.97 Å². The second kappa shape index (κ2) is 12.0. The maximum absolute atomic E-state index is 11.6. The fourth-order valence-electron chi connectivity index (χ4n) is 5.31. The van der Waals surface area contributed by atoms with Crippen molar-refractivity contribution in [2.45, 2.75) is 130 Å². The molecule has 1 aliphatic carbocycles. The Labute approximate surface area is 163 Å². The van der Waals surface area contributed by atoms with Crippen LogP contribution in [0, 0.1) is 16.7 Å². The van der Waals surface area contributed by atoms with Crippen LogP contribution in [-0.2, 0) is 4.79 Å². The van der Waals surface area contributed by atoms with Gasteiger partial charge in [-0.25, -0.2) is 0 Å². The molecule has 0 aromatic carbocycles. The summed E-state index contributed by atoms with van der Waals surface area (Å²) in [6.07, 6.45) is 20.0. The minimum Gasteiger partial charge on any atom is -0.481 e. The molecule has 0 bridgehead atoms. The van der Waals surface area contributed by atoms with Gasteiger partial charge in [-0.1, -0.05) is 79.1 Å². The fourth-order valence-corrected chi connectivity index (χ4v) is 5.31. The van der Waals surface area contributed by atoms with Crippen LogP contribution in [-0.4, -0.2) is 11.1 Å². The van der Waals surface area contributed by atoms with Gasteiger partial charge in [-0.05, 0) is 62.2 Å². The molecular weight excluding hydrogens is 320 g/mol. The van der Waals surface area contributed by atoms with E-state index < -0.39 is 5.97 Å². The van der Waals surface area contributed by atoms with Crippen LogP contribution in [0.4, 0.5) is 0 Å². The number of hydrogen-bond acceptors (Lipinski definition) is 1. The lowest BCUT2D eigenvalue weighted by Gasteiger charge is -2.42. The average molecular weight is 367 g/mol. The smallest absolute Gasteiger partial charge is 0.306 e. The number of rotatable bonds is 12. The summed E-state index contributed by atoms with van der Waals surface area (Å²) in [6, 6.07) is 0. The maximum atomic E-state index is 11.6. The van der Waals surface area contributed by atoms with Crippen LogP contribution in [0.2, 0.25) is 0 Å². The molecule has 0 spiro atoms. The fraction of sp³-hybridized carbons (Fsp3) is 0.958. The lowest BCUT2D eigenvalue weighted by Crippen LogP contribution is -2.30. The van der Waals surface area contributed by atoms with E-state index in [1.54, 1.807) is 0 Å². The van der Waals surface area contributed by atoms with E-state index in [-0.39, 0.29) is 5.92 Å². The third-order valence-electron chi connectivity index (χ3n) is 7.67. The first-order valence-electron chi connectivity index (χ1n) is 11.7. The number of carboxylic acids is 1. The molecule has 2 unspecified atom stereocenters. The number of aliphatic carboxylic acids is 1. The van der Waals surface area contributed by atoms with E-state index in [1.165, 1.54) is 77.0 Å². The molecule has 2 heteroatoms. The summed E-state index contributed by atoms with van der Waals surface area (Å²) in [5.41, 5.74) is 0.957. The molecule has 0 aromatic heterocycles.